The number of ether oxygens (including phenoxy) is 2. The molecule has 0 aliphatic rings. The van der Waals surface area contributed by atoms with E-state index in [1.54, 1.807) is 12.1 Å². The van der Waals surface area contributed by atoms with Gasteiger partial charge in [0.25, 0.3) is 0 Å². The van der Waals surface area contributed by atoms with Crippen LogP contribution < -0.4 is 15.2 Å². The zero-order valence-electron chi connectivity index (χ0n) is 12.3. The summed E-state index contributed by atoms with van der Waals surface area (Å²) in [6, 6.07) is 13.3. The van der Waals surface area contributed by atoms with Crippen LogP contribution in [0.1, 0.15) is 25.5 Å². The number of hydrogen-bond acceptors (Lipinski definition) is 3. The van der Waals surface area contributed by atoms with Gasteiger partial charge in [-0.25, -0.2) is 4.39 Å². The molecule has 0 saturated carbocycles. The lowest BCUT2D eigenvalue weighted by Gasteiger charge is -2.22. The highest BCUT2D eigenvalue weighted by atomic mass is 19.1. The Hall–Kier alpha value is -2.07. The Bertz CT molecular complexity index is 571. The van der Waals surface area contributed by atoms with Crippen LogP contribution in [0.5, 0.6) is 11.5 Å². The van der Waals surface area contributed by atoms with Crippen molar-refractivity contribution < 1.29 is 13.9 Å². The van der Waals surface area contributed by atoms with Crippen LogP contribution in [0.25, 0.3) is 0 Å². The van der Waals surface area contributed by atoms with Crippen molar-refractivity contribution in [2.45, 2.75) is 26.0 Å². The molecule has 0 heterocycles. The molecule has 0 aromatic heterocycles. The second kappa shape index (κ2) is 7.09. The fourth-order valence-electron chi connectivity index (χ4n) is 2.05. The molecule has 2 atom stereocenters. The van der Waals surface area contributed by atoms with E-state index < -0.39 is 0 Å². The molecule has 0 aliphatic heterocycles. The summed E-state index contributed by atoms with van der Waals surface area (Å²) < 4.78 is 24.2. The molecule has 2 aromatic rings. The Kier molecular flexibility index (Phi) is 5.17. The summed E-state index contributed by atoms with van der Waals surface area (Å²) in [6.07, 6.45) is -0.243. The molecule has 4 heteroatoms. The van der Waals surface area contributed by atoms with E-state index >= 15 is 0 Å². The van der Waals surface area contributed by atoms with Gasteiger partial charge in [0.2, 0.25) is 0 Å². The predicted octanol–water partition coefficient (Wildman–Crippen LogP) is 3.69. The Balaban J connectivity index is 2.04. The smallest absolute Gasteiger partial charge is 0.123 e. The summed E-state index contributed by atoms with van der Waals surface area (Å²) in [6.45, 7) is 4.43. The van der Waals surface area contributed by atoms with Crippen molar-refractivity contribution in [3.05, 3.63) is 59.9 Å². The van der Waals surface area contributed by atoms with Crippen molar-refractivity contribution in [3.63, 3.8) is 0 Å². The summed E-state index contributed by atoms with van der Waals surface area (Å²) >= 11 is 0. The molecular formula is C17H20FNO2. The van der Waals surface area contributed by atoms with Crippen LogP contribution in [0, 0.1) is 5.82 Å². The number of benzene rings is 2. The molecular weight excluding hydrogens is 269 g/mol. The molecule has 0 spiro atoms. The molecule has 2 aromatic carbocycles. The molecule has 2 unspecified atom stereocenters. The average molecular weight is 289 g/mol. The standard InChI is InChI=1S/C17H20FNO2/c1-3-20-15-5-4-6-16(11-15)21-12(2)17(19)13-7-9-14(18)10-8-13/h4-12,17H,3,19H2,1-2H3. The third kappa shape index (κ3) is 4.20. The van der Waals surface area contributed by atoms with Gasteiger partial charge < -0.3 is 15.2 Å². The highest BCUT2D eigenvalue weighted by Gasteiger charge is 2.16. The molecule has 0 radical (unpaired) electrons. The number of nitrogens with two attached hydrogens (primary N) is 1. The Morgan fingerprint density at radius 3 is 2.43 bits per heavy atom. The van der Waals surface area contributed by atoms with Crippen molar-refractivity contribution in [2.24, 2.45) is 5.73 Å². The summed E-state index contributed by atoms with van der Waals surface area (Å²) in [5.74, 6) is 1.19. The van der Waals surface area contributed by atoms with E-state index in [1.165, 1.54) is 12.1 Å². The molecule has 0 bridgehead atoms. The fourth-order valence-corrected chi connectivity index (χ4v) is 2.05. The highest BCUT2D eigenvalue weighted by molar-refractivity contribution is 5.33. The van der Waals surface area contributed by atoms with Gasteiger partial charge in [0.05, 0.1) is 12.6 Å². The Morgan fingerprint density at radius 1 is 1.10 bits per heavy atom. The lowest BCUT2D eigenvalue weighted by molar-refractivity contribution is 0.189. The molecule has 112 valence electrons. The number of rotatable bonds is 6. The molecule has 0 aliphatic carbocycles. The van der Waals surface area contributed by atoms with Gasteiger partial charge in [0, 0.05) is 6.07 Å². The lowest BCUT2D eigenvalue weighted by Crippen LogP contribution is -2.28. The van der Waals surface area contributed by atoms with Crippen molar-refractivity contribution in [2.75, 3.05) is 6.61 Å². The first-order valence-corrected chi connectivity index (χ1v) is 7.00. The molecule has 0 fully saturated rings. The van der Waals surface area contributed by atoms with Crippen molar-refractivity contribution in [3.8, 4) is 11.5 Å². The van der Waals surface area contributed by atoms with Crippen LogP contribution in [0.3, 0.4) is 0 Å². The molecule has 2 N–H and O–H groups in total. The minimum atomic E-state index is -0.332. The number of halogens is 1. The third-order valence-electron chi connectivity index (χ3n) is 3.20. The van der Waals surface area contributed by atoms with Gasteiger partial charge in [-0.1, -0.05) is 18.2 Å². The highest BCUT2D eigenvalue weighted by Crippen LogP contribution is 2.24. The first kappa shape index (κ1) is 15.3. The van der Waals surface area contributed by atoms with Crippen LogP contribution in [0.4, 0.5) is 4.39 Å². The predicted molar refractivity (Wildman–Crippen MR) is 81.0 cm³/mol. The summed E-state index contributed by atoms with van der Waals surface area (Å²) in [4.78, 5) is 0. The Labute approximate surface area is 124 Å². The lowest BCUT2D eigenvalue weighted by atomic mass is 10.0. The minimum Gasteiger partial charge on any atom is -0.494 e. The first-order valence-electron chi connectivity index (χ1n) is 7.00. The van der Waals surface area contributed by atoms with Gasteiger partial charge in [-0.2, -0.15) is 0 Å². The fraction of sp³-hybridized carbons (Fsp3) is 0.294. The van der Waals surface area contributed by atoms with Gasteiger partial charge >= 0.3 is 0 Å². The van der Waals surface area contributed by atoms with Crippen LogP contribution in [0.2, 0.25) is 0 Å². The van der Waals surface area contributed by atoms with Crippen LogP contribution in [-0.2, 0) is 0 Å². The van der Waals surface area contributed by atoms with Gasteiger partial charge in [-0.3, -0.25) is 0 Å². The molecule has 0 amide bonds. The maximum Gasteiger partial charge on any atom is 0.123 e. The molecule has 3 nitrogen and oxygen atoms in total. The number of hydrogen-bond donors (Lipinski definition) is 1. The van der Waals surface area contributed by atoms with Gasteiger partial charge in [0.1, 0.15) is 23.4 Å². The van der Waals surface area contributed by atoms with Crippen LogP contribution in [-0.4, -0.2) is 12.7 Å². The second-order valence-corrected chi connectivity index (χ2v) is 4.81. The normalized spacial score (nSPS) is 13.5. The maximum atomic E-state index is 12.9. The SMILES string of the molecule is CCOc1cccc(OC(C)C(N)c2ccc(F)cc2)c1. The Morgan fingerprint density at radius 2 is 1.76 bits per heavy atom. The van der Waals surface area contributed by atoms with E-state index in [-0.39, 0.29) is 18.0 Å². The maximum absolute atomic E-state index is 12.9. The quantitative estimate of drug-likeness (QED) is 0.882. The summed E-state index contributed by atoms with van der Waals surface area (Å²) in [7, 11) is 0. The van der Waals surface area contributed by atoms with E-state index in [2.05, 4.69) is 0 Å². The largest absolute Gasteiger partial charge is 0.494 e. The summed E-state index contributed by atoms with van der Waals surface area (Å²) in [5.41, 5.74) is 6.99. The molecule has 2 rings (SSSR count). The van der Waals surface area contributed by atoms with E-state index in [0.717, 1.165) is 11.3 Å². The summed E-state index contributed by atoms with van der Waals surface area (Å²) in [5, 5.41) is 0. The van der Waals surface area contributed by atoms with Crippen molar-refractivity contribution in [1.82, 2.24) is 0 Å². The van der Waals surface area contributed by atoms with Gasteiger partial charge in [0.15, 0.2) is 0 Å². The van der Waals surface area contributed by atoms with E-state index in [4.69, 9.17) is 15.2 Å². The average Bonchev–Trinajstić information content (AvgIpc) is 2.48. The van der Waals surface area contributed by atoms with Crippen molar-refractivity contribution in [1.29, 1.82) is 0 Å². The molecule has 0 saturated heterocycles. The van der Waals surface area contributed by atoms with Gasteiger partial charge in [-0.15, -0.1) is 0 Å². The monoisotopic (exact) mass is 289 g/mol. The van der Waals surface area contributed by atoms with Crippen molar-refractivity contribution >= 4 is 0 Å². The van der Waals surface area contributed by atoms with E-state index in [0.29, 0.717) is 12.4 Å². The van der Waals surface area contributed by atoms with Crippen LogP contribution in [0.15, 0.2) is 48.5 Å². The topological polar surface area (TPSA) is 44.5 Å². The minimum absolute atomic E-state index is 0.243. The second-order valence-electron chi connectivity index (χ2n) is 4.81. The van der Waals surface area contributed by atoms with E-state index in [1.807, 2.05) is 38.1 Å². The molecule has 21 heavy (non-hydrogen) atoms. The van der Waals surface area contributed by atoms with Crippen LogP contribution >= 0.6 is 0 Å². The third-order valence-corrected chi connectivity index (χ3v) is 3.20. The first-order chi connectivity index (χ1) is 10.1. The zero-order valence-corrected chi connectivity index (χ0v) is 12.3. The zero-order chi connectivity index (χ0) is 15.2. The van der Waals surface area contributed by atoms with E-state index in [9.17, 15) is 4.39 Å². The van der Waals surface area contributed by atoms with Gasteiger partial charge in [-0.05, 0) is 43.7 Å².